The number of aromatic nitrogens is 2. The van der Waals surface area contributed by atoms with E-state index in [0.29, 0.717) is 6.61 Å². The van der Waals surface area contributed by atoms with E-state index in [2.05, 4.69) is 55.4 Å². The summed E-state index contributed by atoms with van der Waals surface area (Å²) in [6, 6.07) is 20.5. The van der Waals surface area contributed by atoms with Crippen molar-refractivity contribution in [2.24, 2.45) is 0 Å². The molecular formula is C23H27N5O. The highest BCUT2D eigenvalue weighted by atomic mass is 16.5. The lowest BCUT2D eigenvalue weighted by molar-refractivity contribution is 0.340. The summed E-state index contributed by atoms with van der Waals surface area (Å²) in [5, 5.41) is 3.38. The van der Waals surface area contributed by atoms with Gasteiger partial charge in [0.25, 0.3) is 0 Å². The van der Waals surface area contributed by atoms with E-state index in [1.54, 1.807) is 0 Å². The number of hydrogen-bond donors (Lipinski definition) is 1. The van der Waals surface area contributed by atoms with Gasteiger partial charge in [0.1, 0.15) is 23.2 Å². The van der Waals surface area contributed by atoms with Gasteiger partial charge in [-0.15, -0.1) is 0 Å². The number of piperazine rings is 1. The van der Waals surface area contributed by atoms with Crippen LogP contribution in [0.1, 0.15) is 12.7 Å². The number of hydrogen-bond acceptors (Lipinski definition) is 6. The van der Waals surface area contributed by atoms with Gasteiger partial charge in [0.15, 0.2) is 0 Å². The third kappa shape index (κ3) is 4.77. The molecule has 1 saturated heterocycles. The van der Waals surface area contributed by atoms with Crippen molar-refractivity contribution in [1.82, 2.24) is 9.97 Å². The molecule has 0 bridgehead atoms. The van der Waals surface area contributed by atoms with Crippen LogP contribution in [0.2, 0.25) is 0 Å². The highest BCUT2D eigenvalue weighted by Gasteiger charge is 2.19. The van der Waals surface area contributed by atoms with Crippen LogP contribution in [0.15, 0.2) is 60.7 Å². The molecule has 6 nitrogen and oxygen atoms in total. The van der Waals surface area contributed by atoms with Gasteiger partial charge in [0.05, 0.1) is 6.61 Å². The summed E-state index contributed by atoms with van der Waals surface area (Å²) in [6.45, 7) is 8.42. The Labute approximate surface area is 172 Å². The van der Waals surface area contributed by atoms with Gasteiger partial charge in [-0.25, -0.2) is 9.97 Å². The fraction of sp³-hybridized carbons (Fsp3) is 0.304. The van der Waals surface area contributed by atoms with Crippen molar-refractivity contribution in [3.63, 3.8) is 0 Å². The SMILES string of the molecule is CCOc1ccc(Nc2cc(N3CCN(c4ccccc4)CC3)nc(C)n2)cc1. The van der Waals surface area contributed by atoms with Crippen molar-refractivity contribution in [3.05, 3.63) is 66.5 Å². The van der Waals surface area contributed by atoms with E-state index >= 15 is 0 Å². The molecule has 2 aromatic carbocycles. The molecule has 1 aliphatic rings. The van der Waals surface area contributed by atoms with Crippen molar-refractivity contribution in [3.8, 4) is 5.75 Å². The molecule has 1 aliphatic heterocycles. The molecule has 1 fully saturated rings. The number of rotatable bonds is 6. The predicted molar refractivity (Wildman–Crippen MR) is 119 cm³/mol. The minimum atomic E-state index is 0.665. The molecule has 0 aliphatic carbocycles. The van der Waals surface area contributed by atoms with Crippen LogP contribution in [0.5, 0.6) is 5.75 Å². The van der Waals surface area contributed by atoms with Crippen LogP contribution in [0.25, 0.3) is 0 Å². The molecule has 3 aromatic rings. The van der Waals surface area contributed by atoms with Gasteiger partial charge in [-0.1, -0.05) is 18.2 Å². The molecule has 29 heavy (non-hydrogen) atoms. The second-order valence-electron chi connectivity index (χ2n) is 7.05. The smallest absolute Gasteiger partial charge is 0.136 e. The Morgan fingerprint density at radius 2 is 1.59 bits per heavy atom. The summed E-state index contributed by atoms with van der Waals surface area (Å²) in [4.78, 5) is 14.0. The summed E-state index contributed by atoms with van der Waals surface area (Å²) >= 11 is 0. The van der Waals surface area contributed by atoms with E-state index in [1.165, 1.54) is 5.69 Å². The summed E-state index contributed by atoms with van der Waals surface area (Å²) in [7, 11) is 0. The number of benzene rings is 2. The third-order valence-electron chi connectivity index (χ3n) is 4.99. The third-order valence-corrected chi connectivity index (χ3v) is 4.99. The van der Waals surface area contributed by atoms with Crippen LogP contribution < -0.4 is 19.9 Å². The lowest BCUT2D eigenvalue weighted by atomic mass is 10.2. The van der Waals surface area contributed by atoms with Gasteiger partial charge in [0.2, 0.25) is 0 Å². The number of nitrogens with zero attached hydrogens (tertiary/aromatic N) is 4. The molecule has 1 aromatic heterocycles. The van der Waals surface area contributed by atoms with Gasteiger partial charge < -0.3 is 19.9 Å². The highest BCUT2D eigenvalue weighted by molar-refractivity contribution is 5.61. The van der Waals surface area contributed by atoms with Crippen LogP contribution in [0.3, 0.4) is 0 Å². The topological polar surface area (TPSA) is 53.5 Å². The van der Waals surface area contributed by atoms with Crippen molar-refractivity contribution in [1.29, 1.82) is 0 Å². The maximum atomic E-state index is 5.51. The summed E-state index contributed by atoms with van der Waals surface area (Å²) in [5.74, 6) is 3.41. The van der Waals surface area contributed by atoms with Crippen molar-refractivity contribution >= 4 is 23.0 Å². The van der Waals surface area contributed by atoms with E-state index in [0.717, 1.165) is 55.1 Å². The number of ether oxygens (including phenoxy) is 1. The van der Waals surface area contributed by atoms with Crippen molar-refractivity contribution in [2.75, 3.05) is 47.9 Å². The average molecular weight is 390 g/mol. The van der Waals surface area contributed by atoms with Crippen molar-refractivity contribution < 1.29 is 4.74 Å². The molecule has 0 radical (unpaired) electrons. The Kier molecular flexibility index (Phi) is 5.79. The molecule has 6 heteroatoms. The molecule has 0 amide bonds. The second-order valence-corrected chi connectivity index (χ2v) is 7.05. The van der Waals surface area contributed by atoms with Crippen LogP contribution in [0, 0.1) is 6.92 Å². The first-order chi connectivity index (χ1) is 14.2. The summed E-state index contributed by atoms with van der Waals surface area (Å²) in [6.07, 6.45) is 0. The number of aryl methyl sites for hydroxylation is 1. The Morgan fingerprint density at radius 3 is 2.28 bits per heavy atom. The lowest BCUT2D eigenvalue weighted by Crippen LogP contribution is -2.46. The molecule has 0 unspecified atom stereocenters. The standard InChI is InChI=1S/C23H27N5O/c1-3-29-21-11-9-19(10-12-21)26-22-17-23(25-18(2)24-22)28-15-13-27(14-16-28)20-7-5-4-6-8-20/h4-12,17H,3,13-16H2,1-2H3,(H,24,25,26). The quantitative estimate of drug-likeness (QED) is 0.680. The first kappa shape index (κ1) is 19.1. The molecule has 0 spiro atoms. The van der Waals surface area contributed by atoms with Crippen LogP contribution in [0.4, 0.5) is 23.0 Å². The summed E-state index contributed by atoms with van der Waals surface area (Å²) < 4.78 is 5.51. The lowest BCUT2D eigenvalue weighted by Gasteiger charge is -2.36. The fourth-order valence-electron chi connectivity index (χ4n) is 3.56. The molecule has 0 saturated carbocycles. The molecule has 4 rings (SSSR count). The van der Waals surface area contributed by atoms with E-state index in [1.807, 2.05) is 44.2 Å². The number of nitrogens with one attached hydrogen (secondary N) is 1. The Balaban J connectivity index is 1.43. The van der Waals surface area contributed by atoms with Crippen LogP contribution in [-0.4, -0.2) is 42.8 Å². The Morgan fingerprint density at radius 1 is 0.897 bits per heavy atom. The number of anilines is 4. The second kappa shape index (κ2) is 8.82. The molecule has 0 atom stereocenters. The first-order valence-electron chi connectivity index (χ1n) is 10.1. The zero-order chi connectivity index (χ0) is 20.1. The molecule has 150 valence electrons. The van der Waals surface area contributed by atoms with E-state index in [4.69, 9.17) is 4.74 Å². The molecular weight excluding hydrogens is 362 g/mol. The van der Waals surface area contributed by atoms with Crippen molar-refractivity contribution in [2.45, 2.75) is 13.8 Å². The van der Waals surface area contributed by atoms with Gasteiger partial charge in [0, 0.05) is 43.6 Å². The first-order valence-corrected chi connectivity index (χ1v) is 10.1. The Bertz CT molecular complexity index is 922. The maximum absolute atomic E-state index is 5.51. The average Bonchev–Trinajstić information content (AvgIpc) is 2.76. The maximum Gasteiger partial charge on any atom is 0.136 e. The zero-order valence-electron chi connectivity index (χ0n) is 17.0. The predicted octanol–water partition coefficient (Wildman–Crippen LogP) is 4.25. The molecule has 1 N–H and O–H groups in total. The molecule has 2 heterocycles. The largest absolute Gasteiger partial charge is 0.494 e. The highest BCUT2D eigenvalue weighted by Crippen LogP contribution is 2.24. The number of para-hydroxylation sites is 1. The van der Waals surface area contributed by atoms with Gasteiger partial charge in [-0.3, -0.25) is 0 Å². The van der Waals surface area contributed by atoms with E-state index in [9.17, 15) is 0 Å². The van der Waals surface area contributed by atoms with E-state index < -0.39 is 0 Å². The summed E-state index contributed by atoms with van der Waals surface area (Å²) in [5.41, 5.74) is 2.26. The van der Waals surface area contributed by atoms with Gasteiger partial charge in [-0.2, -0.15) is 0 Å². The normalized spacial score (nSPS) is 14.0. The minimum absolute atomic E-state index is 0.665. The van der Waals surface area contributed by atoms with Gasteiger partial charge >= 0.3 is 0 Å². The van der Waals surface area contributed by atoms with Crippen LogP contribution >= 0.6 is 0 Å². The van der Waals surface area contributed by atoms with E-state index in [-0.39, 0.29) is 0 Å². The van der Waals surface area contributed by atoms with Crippen LogP contribution in [-0.2, 0) is 0 Å². The minimum Gasteiger partial charge on any atom is -0.494 e. The zero-order valence-corrected chi connectivity index (χ0v) is 17.0. The fourth-order valence-corrected chi connectivity index (χ4v) is 3.56. The Hall–Kier alpha value is -3.28. The van der Waals surface area contributed by atoms with Gasteiger partial charge in [-0.05, 0) is 50.2 Å². The monoisotopic (exact) mass is 389 g/mol.